The molecule has 1 unspecified atom stereocenters. The van der Waals surface area contributed by atoms with Crippen LogP contribution in [0.5, 0.6) is 0 Å². The van der Waals surface area contributed by atoms with E-state index in [0.717, 1.165) is 18.4 Å². The highest BCUT2D eigenvalue weighted by atomic mass is 14.2. The van der Waals surface area contributed by atoms with Gasteiger partial charge < -0.3 is 0 Å². The van der Waals surface area contributed by atoms with Crippen molar-refractivity contribution in [1.82, 2.24) is 0 Å². The van der Waals surface area contributed by atoms with Crippen molar-refractivity contribution in [1.29, 1.82) is 0 Å². The lowest BCUT2D eigenvalue weighted by Gasteiger charge is -2.23. The average Bonchev–Trinajstić information content (AvgIpc) is 2.67. The van der Waals surface area contributed by atoms with Crippen molar-refractivity contribution in [3.63, 3.8) is 0 Å². The van der Waals surface area contributed by atoms with Crippen LogP contribution in [0.1, 0.15) is 58.4 Å². The Morgan fingerprint density at radius 1 is 1.24 bits per heavy atom. The van der Waals surface area contributed by atoms with Crippen LogP contribution in [0.15, 0.2) is 84.0 Å². The summed E-state index contributed by atoms with van der Waals surface area (Å²) in [6.45, 7) is 11.2. The van der Waals surface area contributed by atoms with E-state index in [4.69, 9.17) is 0 Å². The van der Waals surface area contributed by atoms with Crippen LogP contribution in [-0.4, -0.2) is 0 Å². The van der Waals surface area contributed by atoms with Crippen LogP contribution in [0, 0.1) is 5.92 Å². The molecule has 1 aliphatic carbocycles. The molecule has 1 aromatic rings. The first-order valence-corrected chi connectivity index (χ1v) is 9.66. The summed E-state index contributed by atoms with van der Waals surface area (Å²) in [7, 11) is 0. The van der Waals surface area contributed by atoms with Crippen molar-refractivity contribution < 1.29 is 0 Å². The number of hydrogen-bond donors (Lipinski definition) is 0. The molecule has 1 atom stereocenters. The lowest BCUT2D eigenvalue weighted by Crippen LogP contribution is -2.06. The molecule has 0 bridgehead atoms. The molecule has 25 heavy (non-hydrogen) atoms. The maximum absolute atomic E-state index is 4.35. The minimum Gasteiger partial charge on any atom is -0.0911 e. The van der Waals surface area contributed by atoms with E-state index in [1.807, 2.05) is 0 Å². The third-order valence-corrected chi connectivity index (χ3v) is 4.96. The normalized spacial score (nSPS) is 16.5. The molecule has 0 amide bonds. The molecule has 0 saturated heterocycles. The summed E-state index contributed by atoms with van der Waals surface area (Å²) in [5.74, 6) is 0.540. The Morgan fingerprint density at radius 2 is 2.00 bits per heavy atom. The van der Waals surface area contributed by atoms with Crippen LogP contribution in [0.2, 0.25) is 0 Å². The summed E-state index contributed by atoms with van der Waals surface area (Å²) in [5, 5.41) is 0. The smallest absolute Gasteiger partial charge is 0.0184 e. The Morgan fingerprint density at radius 3 is 2.60 bits per heavy atom. The highest BCUT2D eigenvalue weighted by molar-refractivity contribution is 5.74. The minimum absolute atomic E-state index is 0.540. The van der Waals surface area contributed by atoms with Gasteiger partial charge in [-0.1, -0.05) is 94.0 Å². The Hall–Kier alpha value is -2.08. The third-order valence-electron chi connectivity index (χ3n) is 4.96. The first-order chi connectivity index (χ1) is 12.2. The van der Waals surface area contributed by atoms with Crippen molar-refractivity contribution in [2.24, 2.45) is 5.92 Å². The van der Waals surface area contributed by atoms with E-state index in [9.17, 15) is 0 Å². The van der Waals surface area contributed by atoms with Crippen LogP contribution in [0.4, 0.5) is 0 Å². The molecule has 0 spiro atoms. The topological polar surface area (TPSA) is 0 Å². The first-order valence-electron chi connectivity index (χ1n) is 9.66. The highest BCUT2D eigenvalue weighted by Crippen LogP contribution is 2.34. The van der Waals surface area contributed by atoms with Gasteiger partial charge in [-0.15, -0.1) is 0 Å². The standard InChI is InChI=1S/C25H32/c1-5-7-14-20(3)25(19-21(4)22-15-10-8-11-16-22)24(6-2)23-17-12-9-13-18-23/h6,8-12,15-17,19-20H,4-5,7,13-14,18H2,1-3H3. The molecule has 0 heterocycles. The summed E-state index contributed by atoms with van der Waals surface area (Å²) in [5.41, 5.74) is 6.61. The first kappa shape index (κ1) is 19.2. The van der Waals surface area contributed by atoms with Gasteiger partial charge >= 0.3 is 0 Å². The molecule has 1 aliphatic rings. The fourth-order valence-corrected chi connectivity index (χ4v) is 3.44. The maximum atomic E-state index is 4.35. The second kappa shape index (κ2) is 10.0. The quantitative estimate of drug-likeness (QED) is 0.428. The van der Waals surface area contributed by atoms with Gasteiger partial charge in [-0.2, -0.15) is 0 Å². The van der Waals surface area contributed by atoms with E-state index in [0.29, 0.717) is 5.92 Å². The Kier molecular flexibility index (Phi) is 7.73. The zero-order valence-corrected chi connectivity index (χ0v) is 16.1. The summed E-state index contributed by atoms with van der Waals surface area (Å²) in [6, 6.07) is 10.5. The van der Waals surface area contributed by atoms with Crippen molar-refractivity contribution in [3.8, 4) is 0 Å². The maximum Gasteiger partial charge on any atom is -0.0184 e. The number of benzene rings is 1. The van der Waals surface area contributed by atoms with Crippen LogP contribution in [0.25, 0.3) is 5.57 Å². The van der Waals surface area contributed by atoms with Gasteiger partial charge in [-0.3, -0.25) is 0 Å². The Labute approximate surface area is 154 Å². The van der Waals surface area contributed by atoms with Crippen molar-refractivity contribution in [2.75, 3.05) is 0 Å². The van der Waals surface area contributed by atoms with Crippen LogP contribution in [0.3, 0.4) is 0 Å². The summed E-state index contributed by atoms with van der Waals surface area (Å²) >= 11 is 0. The van der Waals surface area contributed by atoms with Crippen LogP contribution < -0.4 is 0 Å². The molecule has 0 radical (unpaired) electrons. The Bertz CT molecular complexity index is 680. The number of allylic oxidation sites excluding steroid dienone is 9. The van der Waals surface area contributed by atoms with Gasteiger partial charge in [0.15, 0.2) is 0 Å². The minimum atomic E-state index is 0.540. The van der Waals surface area contributed by atoms with Crippen molar-refractivity contribution in [3.05, 3.63) is 89.6 Å². The molecule has 0 fully saturated rings. The molecule has 0 nitrogen and oxygen atoms in total. The number of unbranched alkanes of at least 4 members (excludes halogenated alkanes) is 1. The summed E-state index contributed by atoms with van der Waals surface area (Å²) in [6.07, 6.45) is 17.4. The zero-order chi connectivity index (χ0) is 18.1. The average molecular weight is 333 g/mol. The van der Waals surface area contributed by atoms with E-state index >= 15 is 0 Å². The van der Waals surface area contributed by atoms with Gasteiger partial charge in [-0.25, -0.2) is 0 Å². The van der Waals surface area contributed by atoms with E-state index in [1.165, 1.54) is 41.5 Å². The molecular weight excluding hydrogens is 300 g/mol. The summed E-state index contributed by atoms with van der Waals surface area (Å²) in [4.78, 5) is 0. The van der Waals surface area contributed by atoms with Gasteiger partial charge in [0, 0.05) is 0 Å². The van der Waals surface area contributed by atoms with Crippen LogP contribution in [-0.2, 0) is 0 Å². The lowest BCUT2D eigenvalue weighted by atomic mass is 9.82. The molecule has 0 aromatic heterocycles. The van der Waals surface area contributed by atoms with E-state index in [1.54, 1.807) is 0 Å². The van der Waals surface area contributed by atoms with Gasteiger partial charge in [0.2, 0.25) is 0 Å². The molecule has 2 rings (SSSR count). The SMILES string of the molecule is C=C(C=C(C(=CC)C1=CC=CCC1)C(C)CCCC)c1ccccc1. The van der Waals surface area contributed by atoms with Crippen molar-refractivity contribution >= 4 is 5.57 Å². The highest BCUT2D eigenvalue weighted by Gasteiger charge is 2.17. The van der Waals surface area contributed by atoms with Crippen LogP contribution >= 0.6 is 0 Å². The molecular formula is C25H32. The van der Waals surface area contributed by atoms with E-state index in [-0.39, 0.29) is 0 Å². The third kappa shape index (κ3) is 5.46. The van der Waals surface area contributed by atoms with Gasteiger partial charge in [-0.05, 0) is 60.0 Å². The second-order valence-corrected chi connectivity index (χ2v) is 6.90. The number of rotatable bonds is 8. The summed E-state index contributed by atoms with van der Waals surface area (Å²) < 4.78 is 0. The van der Waals surface area contributed by atoms with Gasteiger partial charge in [0.25, 0.3) is 0 Å². The zero-order valence-electron chi connectivity index (χ0n) is 16.1. The van der Waals surface area contributed by atoms with Gasteiger partial charge in [0.1, 0.15) is 0 Å². The molecule has 0 aliphatic heterocycles. The predicted molar refractivity (Wildman–Crippen MR) is 112 cm³/mol. The number of hydrogen-bond acceptors (Lipinski definition) is 0. The van der Waals surface area contributed by atoms with Crippen molar-refractivity contribution in [2.45, 2.75) is 52.9 Å². The fourth-order valence-electron chi connectivity index (χ4n) is 3.44. The van der Waals surface area contributed by atoms with Gasteiger partial charge in [0.05, 0.1) is 0 Å². The predicted octanol–water partition coefficient (Wildman–Crippen LogP) is 7.68. The molecule has 1 aromatic carbocycles. The largest absolute Gasteiger partial charge is 0.0911 e. The molecule has 0 saturated carbocycles. The fraction of sp³-hybridized carbons (Fsp3) is 0.360. The second-order valence-electron chi connectivity index (χ2n) is 6.90. The lowest BCUT2D eigenvalue weighted by molar-refractivity contribution is 0.576. The monoisotopic (exact) mass is 332 g/mol. The molecule has 0 heteroatoms. The molecule has 0 N–H and O–H groups in total. The van der Waals surface area contributed by atoms with E-state index < -0.39 is 0 Å². The Balaban J connectivity index is 2.38. The molecule has 132 valence electrons. The van der Waals surface area contributed by atoms with E-state index in [2.05, 4.69) is 88.1 Å².